The highest BCUT2D eigenvalue weighted by Crippen LogP contribution is 2.12. The second kappa shape index (κ2) is 6.36. The van der Waals surface area contributed by atoms with Crippen molar-refractivity contribution in [1.82, 2.24) is 14.7 Å². The molecule has 0 saturated heterocycles. The van der Waals surface area contributed by atoms with Crippen LogP contribution in [0.2, 0.25) is 0 Å². The maximum absolute atomic E-state index is 11.7. The van der Waals surface area contributed by atoms with Gasteiger partial charge in [-0.05, 0) is 20.9 Å². The zero-order valence-corrected chi connectivity index (χ0v) is 10.7. The van der Waals surface area contributed by atoms with E-state index in [4.69, 9.17) is 5.73 Å². The van der Waals surface area contributed by atoms with Gasteiger partial charge in [0.25, 0.3) is 0 Å². The summed E-state index contributed by atoms with van der Waals surface area (Å²) in [6.45, 7) is 5.62. The number of nitrogens with two attached hydrogens (primary N) is 1. The summed E-state index contributed by atoms with van der Waals surface area (Å²) in [6, 6.07) is 2.02. The summed E-state index contributed by atoms with van der Waals surface area (Å²) in [6.07, 6.45) is 1.68. The third-order valence-corrected chi connectivity index (χ3v) is 2.35. The molecule has 0 fully saturated rings. The molecule has 0 aromatic carbocycles. The third-order valence-electron chi connectivity index (χ3n) is 2.35. The fourth-order valence-corrected chi connectivity index (χ4v) is 1.55. The van der Waals surface area contributed by atoms with Crippen LogP contribution in [0, 0.1) is 0 Å². The predicted octanol–water partition coefficient (Wildman–Crippen LogP) is 0.293. The molecule has 17 heavy (non-hydrogen) atoms. The Morgan fingerprint density at radius 1 is 1.65 bits per heavy atom. The number of nitrogens with one attached hydrogen (secondary N) is 1. The first-order chi connectivity index (χ1) is 8.04. The molecule has 0 radical (unpaired) electrons. The third kappa shape index (κ3) is 4.16. The number of hydrogen-bond acceptors (Lipinski definition) is 4. The maximum Gasteiger partial charge on any atom is 0.239 e. The average Bonchev–Trinajstić information content (AvgIpc) is 2.65. The Labute approximate surface area is 102 Å². The molecule has 96 valence electrons. The summed E-state index contributed by atoms with van der Waals surface area (Å²) >= 11 is 0. The molecule has 1 aromatic heterocycles. The number of carbonyl (C=O) groups excluding carboxylic acids is 1. The van der Waals surface area contributed by atoms with Crippen LogP contribution in [0.5, 0.6) is 0 Å². The number of hydrogen-bond donors (Lipinski definition) is 2. The fraction of sp³-hybridized carbons (Fsp3) is 0.636. The lowest BCUT2D eigenvalue weighted by Gasteiger charge is -2.16. The van der Waals surface area contributed by atoms with Gasteiger partial charge in [-0.25, -0.2) is 4.68 Å². The number of aromatic nitrogens is 2. The fourth-order valence-electron chi connectivity index (χ4n) is 1.55. The minimum absolute atomic E-state index is 0.0525. The molecule has 1 rings (SSSR count). The molecule has 0 unspecified atom stereocenters. The van der Waals surface area contributed by atoms with Crippen molar-refractivity contribution in [2.45, 2.75) is 19.9 Å². The Kier molecular flexibility index (Phi) is 5.11. The molecule has 0 saturated carbocycles. The topological polar surface area (TPSA) is 76.2 Å². The van der Waals surface area contributed by atoms with Gasteiger partial charge in [0, 0.05) is 25.2 Å². The van der Waals surface area contributed by atoms with Gasteiger partial charge in [-0.2, -0.15) is 5.10 Å². The summed E-state index contributed by atoms with van der Waals surface area (Å²) in [5, 5.41) is 6.99. The van der Waals surface area contributed by atoms with Crippen LogP contribution in [-0.2, 0) is 4.79 Å². The van der Waals surface area contributed by atoms with Gasteiger partial charge >= 0.3 is 0 Å². The molecule has 6 heteroatoms. The molecule has 0 aliphatic heterocycles. The first-order valence-corrected chi connectivity index (χ1v) is 5.76. The maximum atomic E-state index is 11.7. The molecule has 0 spiro atoms. The number of anilines is 1. The highest BCUT2D eigenvalue weighted by atomic mass is 16.2. The summed E-state index contributed by atoms with van der Waals surface area (Å²) in [5.74, 6) is 0.675. The van der Waals surface area contributed by atoms with Gasteiger partial charge in [-0.1, -0.05) is 0 Å². The standard InChI is InChI=1S/C11H21N5O/c1-9(2)16-10(4-6-13-16)14-11(17)8-15(3)7-5-12/h4,6,9H,5,7-8,12H2,1-3H3,(H,14,17). The second-order valence-corrected chi connectivity index (χ2v) is 4.33. The number of rotatable bonds is 6. The summed E-state index contributed by atoms with van der Waals surface area (Å²) in [4.78, 5) is 13.6. The summed E-state index contributed by atoms with van der Waals surface area (Å²) in [7, 11) is 1.87. The average molecular weight is 239 g/mol. The quantitative estimate of drug-likeness (QED) is 0.748. The molecule has 0 aliphatic carbocycles. The van der Waals surface area contributed by atoms with E-state index in [1.807, 2.05) is 25.8 Å². The van der Waals surface area contributed by atoms with Crippen molar-refractivity contribution >= 4 is 11.7 Å². The number of amides is 1. The molecule has 3 N–H and O–H groups in total. The molecule has 1 heterocycles. The van der Waals surface area contributed by atoms with E-state index in [2.05, 4.69) is 10.4 Å². The highest BCUT2D eigenvalue weighted by molar-refractivity contribution is 5.91. The van der Waals surface area contributed by atoms with Crippen LogP contribution in [0.1, 0.15) is 19.9 Å². The van der Waals surface area contributed by atoms with Crippen molar-refractivity contribution < 1.29 is 4.79 Å². The van der Waals surface area contributed by atoms with Crippen molar-refractivity contribution in [1.29, 1.82) is 0 Å². The van der Waals surface area contributed by atoms with Crippen LogP contribution in [0.3, 0.4) is 0 Å². The van der Waals surface area contributed by atoms with Crippen molar-refractivity contribution in [3.05, 3.63) is 12.3 Å². The van der Waals surface area contributed by atoms with E-state index in [0.717, 1.165) is 5.82 Å². The Hall–Kier alpha value is -1.40. The van der Waals surface area contributed by atoms with Crippen molar-refractivity contribution in [3.63, 3.8) is 0 Å². The Balaban J connectivity index is 2.53. The van der Waals surface area contributed by atoms with Crippen LogP contribution in [0.15, 0.2) is 12.3 Å². The number of carbonyl (C=O) groups is 1. The van der Waals surface area contributed by atoms with Gasteiger partial charge in [0.05, 0.1) is 12.7 Å². The smallest absolute Gasteiger partial charge is 0.239 e. The first kappa shape index (κ1) is 13.7. The van der Waals surface area contributed by atoms with Gasteiger partial charge in [0.1, 0.15) is 5.82 Å². The monoisotopic (exact) mass is 239 g/mol. The molecule has 0 aliphatic rings. The molecule has 0 bridgehead atoms. The van der Waals surface area contributed by atoms with Crippen LogP contribution < -0.4 is 11.1 Å². The largest absolute Gasteiger partial charge is 0.329 e. The molecule has 0 atom stereocenters. The van der Waals surface area contributed by atoms with Crippen LogP contribution in [0.4, 0.5) is 5.82 Å². The van der Waals surface area contributed by atoms with Crippen molar-refractivity contribution in [2.24, 2.45) is 5.73 Å². The van der Waals surface area contributed by atoms with E-state index >= 15 is 0 Å². The summed E-state index contributed by atoms with van der Waals surface area (Å²) in [5.41, 5.74) is 5.42. The van der Waals surface area contributed by atoms with E-state index in [9.17, 15) is 4.79 Å². The SMILES string of the molecule is CC(C)n1nccc1NC(=O)CN(C)CCN. The van der Waals surface area contributed by atoms with Crippen LogP contribution in [-0.4, -0.2) is 47.3 Å². The van der Waals surface area contributed by atoms with Gasteiger partial charge in [-0.3, -0.25) is 9.69 Å². The van der Waals surface area contributed by atoms with Gasteiger partial charge in [0.2, 0.25) is 5.91 Å². The molecule has 1 aromatic rings. The Morgan fingerprint density at radius 2 is 2.35 bits per heavy atom. The van der Waals surface area contributed by atoms with E-state index in [1.165, 1.54) is 0 Å². The zero-order valence-electron chi connectivity index (χ0n) is 10.7. The lowest BCUT2D eigenvalue weighted by atomic mass is 10.4. The molecule has 6 nitrogen and oxygen atoms in total. The normalized spacial score (nSPS) is 11.2. The summed E-state index contributed by atoms with van der Waals surface area (Å²) < 4.78 is 1.78. The minimum atomic E-state index is -0.0525. The number of likely N-dealkylation sites (N-methyl/N-ethyl adjacent to an activating group) is 1. The van der Waals surface area contributed by atoms with Crippen LogP contribution in [0.25, 0.3) is 0 Å². The highest BCUT2D eigenvalue weighted by Gasteiger charge is 2.10. The second-order valence-electron chi connectivity index (χ2n) is 4.33. The first-order valence-electron chi connectivity index (χ1n) is 5.76. The zero-order chi connectivity index (χ0) is 12.8. The Bertz CT molecular complexity index is 360. The van der Waals surface area contributed by atoms with E-state index in [1.54, 1.807) is 16.9 Å². The number of nitrogens with zero attached hydrogens (tertiary/aromatic N) is 3. The molecular weight excluding hydrogens is 218 g/mol. The minimum Gasteiger partial charge on any atom is -0.329 e. The predicted molar refractivity (Wildman–Crippen MR) is 67.8 cm³/mol. The lowest BCUT2D eigenvalue weighted by molar-refractivity contribution is -0.117. The van der Waals surface area contributed by atoms with E-state index < -0.39 is 0 Å². The van der Waals surface area contributed by atoms with Crippen molar-refractivity contribution in [3.8, 4) is 0 Å². The lowest BCUT2D eigenvalue weighted by Crippen LogP contribution is -2.34. The van der Waals surface area contributed by atoms with E-state index in [0.29, 0.717) is 19.6 Å². The van der Waals surface area contributed by atoms with Gasteiger partial charge < -0.3 is 11.1 Å². The molecular formula is C11H21N5O. The Morgan fingerprint density at radius 3 is 2.94 bits per heavy atom. The van der Waals surface area contributed by atoms with Crippen LogP contribution >= 0.6 is 0 Å². The molecule has 1 amide bonds. The van der Waals surface area contributed by atoms with Crippen molar-refractivity contribution in [2.75, 3.05) is 32.0 Å². The van der Waals surface area contributed by atoms with E-state index in [-0.39, 0.29) is 11.9 Å². The van der Waals surface area contributed by atoms with Gasteiger partial charge in [0.15, 0.2) is 0 Å². The van der Waals surface area contributed by atoms with Gasteiger partial charge in [-0.15, -0.1) is 0 Å².